The molecule has 0 aliphatic carbocycles. The molecule has 2 saturated heterocycles. The number of aromatic nitrogens is 2. The van der Waals surface area contributed by atoms with Crippen LogP contribution < -0.4 is 5.32 Å². The van der Waals surface area contributed by atoms with Crippen LogP contribution in [0.25, 0.3) is 0 Å². The number of likely N-dealkylation sites (tertiary alicyclic amines) is 1. The number of hydrogen-bond donors (Lipinski definition) is 1. The number of carbonyl (C=O) groups is 1. The maximum absolute atomic E-state index is 12.8. The molecule has 0 spiro atoms. The molecule has 7 nitrogen and oxygen atoms in total. The number of carbonyl (C=O) groups excluding carboxylic acids is 1. The maximum atomic E-state index is 12.8. The molecule has 1 amide bonds. The Bertz CT molecular complexity index is 712. The fourth-order valence-corrected chi connectivity index (χ4v) is 3.99. The van der Waals surface area contributed by atoms with Crippen LogP contribution in [-0.2, 0) is 29.7 Å². The summed E-state index contributed by atoms with van der Waals surface area (Å²) in [6, 6.07) is 3.70. The van der Waals surface area contributed by atoms with Crippen LogP contribution in [0.2, 0.25) is 0 Å². The summed E-state index contributed by atoms with van der Waals surface area (Å²) in [6.45, 7) is 3.61. The molecule has 4 heterocycles. The van der Waals surface area contributed by atoms with E-state index in [0.29, 0.717) is 12.5 Å². The van der Waals surface area contributed by atoms with E-state index < -0.39 is 0 Å². The van der Waals surface area contributed by atoms with Crippen LogP contribution in [0.3, 0.4) is 0 Å². The Morgan fingerprint density at radius 3 is 3.12 bits per heavy atom. The van der Waals surface area contributed by atoms with E-state index in [-0.39, 0.29) is 17.9 Å². The van der Waals surface area contributed by atoms with Gasteiger partial charge >= 0.3 is 0 Å². The zero-order valence-electron chi connectivity index (χ0n) is 14.4. The number of rotatable bonds is 5. The van der Waals surface area contributed by atoms with Gasteiger partial charge in [-0.25, -0.2) is 0 Å². The maximum Gasteiger partial charge on any atom is 0.225 e. The van der Waals surface area contributed by atoms with Crippen molar-refractivity contribution in [2.75, 3.05) is 19.7 Å². The number of aryl methyl sites for hydroxylation is 1. The normalized spacial score (nSPS) is 26.5. The molecule has 25 heavy (non-hydrogen) atoms. The first-order chi connectivity index (χ1) is 12.2. The first kappa shape index (κ1) is 16.4. The summed E-state index contributed by atoms with van der Waals surface area (Å²) < 4.78 is 13.0. The lowest BCUT2D eigenvalue weighted by Gasteiger charge is -2.39. The Labute approximate surface area is 146 Å². The highest BCUT2D eigenvalue weighted by Gasteiger charge is 2.43. The predicted molar refractivity (Wildman–Crippen MR) is 90.4 cm³/mol. The lowest BCUT2D eigenvalue weighted by molar-refractivity contribution is -0.131. The van der Waals surface area contributed by atoms with Gasteiger partial charge in [-0.05, 0) is 18.6 Å². The molecule has 2 aromatic heterocycles. The summed E-state index contributed by atoms with van der Waals surface area (Å²) in [6.07, 6.45) is 6.63. The van der Waals surface area contributed by atoms with E-state index in [4.69, 9.17) is 9.15 Å². The predicted octanol–water partition coefficient (Wildman–Crippen LogP) is 1.17. The standard InChI is InChI=1S/C18H24N4O3/c1-21-9-13(7-20-21)10-22-11-16(15-4-6-25-17(15)12-22)18(23)19-8-14-3-2-5-24-14/h2-3,5,7,9,15-17H,4,6,8,10-12H2,1H3,(H,19,23)/t15-,16+,17+/m0/s1. The Balaban J connectivity index is 1.42. The molecule has 134 valence electrons. The third-order valence-electron chi connectivity index (χ3n) is 5.19. The zero-order chi connectivity index (χ0) is 17.2. The summed E-state index contributed by atoms with van der Waals surface area (Å²) in [4.78, 5) is 15.1. The van der Waals surface area contributed by atoms with E-state index in [1.165, 1.54) is 0 Å². The van der Waals surface area contributed by atoms with Crippen LogP contribution in [0.1, 0.15) is 17.7 Å². The van der Waals surface area contributed by atoms with E-state index in [1.807, 2.05) is 36.3 Å². The lowest BCUT2D eigenvalue weighted by atomic mass is 9.82. The van der Waals surface area contributed by atoms with Crippen LogP contribution >= 0.6 is 0 Å². The Hall–Kier alpha value is -2.12. The fourth-order valence-electron chi connectivity index (χ4n) is 3.99. The van der Waals surface area contributed by atoms with Gasteiger partial charge in [-0.15, -0.1) is 0 Å². The van der Waals surface area contributed by atoms with Crippen molar-refractivity contribution in [2.24, 2.45) is 18.9 Å². The van der Waals surface area contributed by atoms with Gasteiger partial charge in [0.2, 0.25) is 5.91 Å². The Morgan fingerprint density at radius 2 is 2.36 bits per heavy atom. The fraction of sp³-hybridized carbons (Fsp3) is 0.556. The Morgan fingerprint density at radius 1 is 1.44 bits per heavy atom. The van der Waals surface area contributed by atoms with Crippen LogP contribution in [0.5, 0.6) is 0 Å². The summed E-state index contributed by atoms with van der Waals surface area (Å²) in [5, 5.41) is 7.25. The molecule has 0 saturated carbocycles. The van der Waals surface area contributed by atoms with Gasteiger partial charge in [0.05, 0.1) is 31.0 Å². The van der Waals surface area contributed by atoms with E-state index >= 15 is 0 Å². The van der Waals surface area contributed by atoms with Crippen molar-refractivity contribution in [3.05, 3.63) is 42.1 Å². The van der Waals surface area contributed by atoms with Crippen LogP contribution in [0, 0.1) is 11.8 Å². The summed E-state index contributed by atoms with van der Waals surface area (Å²) in [5.41, 5.74) is 1.16. The number of furan rings is 1. The van der Waals surface area contributed by atoms with Crippen molar-refractivity contribution >= 4 is 5.91 Å². The monoisotopic (exact) mass is 344 g/mol. The third-order valence-corrected chi connectivity index (χ3v) is 5.19. The molecule has 2 aliphatic rings. The minimum Gasteiger partial charge on any atom is -0.467 e. The van der Waals surface area contributed by atoms with Gasteiger partial charge in [0.25, 0.3) is 0 Å². The topological polar surface area (TPSA) is 72.5 Å². The molecule has 1 N–H and O–H groups in total. The van der Waals surface area contributed by atoms with Gasteiger partial charge in [0, 0.05) is 51.0 Å². The highest BCUT2D eigenvalue weighted by atomic mass is 16.5. The van der Waals surface area contributed by atoms with E-state index in [2.05, 4.69) is 15.3 Å². The lowest BCUT2D eigenvalue weighted by Crippen LogP contribution is -2.52. The molecular formula is C18H24N4O3. The molecule has 3 atom stereocenters. The van der Waals surface area contributed by atoms with Crippen molar-refractivity contribution in [2.45, 2.75) is 25.6 Å². The molecule has 7 heteroatoms. The number of ether oxygens (including phenoxy) is 1. The third kappa shape index (κ3) is 3.62. The molecule has 0 radical (unpaired) electrons. The Kier molecular flexibility index (Phi) is 4.59. The number of nitrogens with zero attached hydrogens (tertiary/aromatic N) is 3. The summed E-state index contributed by atoms with van der Waals surface area (Å²) in [5.74, 6) is 1.12. The summed E-state index contributed by atoms with van der Waals surface area (Å²) >= 11 is 0. The smallest absolute Gasteiger partial charge is 0.225 e. The molecular weight excluding hydrogens is 320 g/mol. The van der Waals surface area contributed by atoms with Gasteiger partial charge in [-0.2, -0.15) is 5.10 Å². The van der Waals surface area contributed by atoms with Gasteiger partial charge in [0.1, 0.15) is 5.76 Å². The summed E-state index contributed by atoms with van der Waals surface area (Å²) in [7, 11) is 1.92. The molecule has 2 aromatic rings. The first-order valence-corrected chi connectivity index (χ1v) is 8.80. The largest absolute Gasteiger partial charge is 0.467 e. The SMILES string of the molecule is Cn1cc(CN2C[C@H]3OCC[C@H]3[C@H](C(=O)NCc3ccco3)C2)cn1. The highest BCUT2D eigenvalue weighted by Crippen LogP contribution is 2.34. The van der Waals surface area contributed by atoms with Gasteiger partial charge in [-0.1, -0.05) is 0 Å². The van der Waals surface area contributed by atoms with Crippen LogP contribution in [0.15, 0.2) is 35.2 Å². The van der Waals surface area contributed by atoms with Crippen molar-refractivity contribution in [1.29, 1.82) is 0 Å². The minimum atomic E-state index is -0.0483. The quantitative estimate of drug-likeness (QED) is 0.881. The number of hydrogen-bond acceptors (Lipinski definition) is 5. The molecule has 2 aliphatic heterocycles. The second-order valence-electron chi connectivity index (χ2n) is 6.98. The number of fused-ring (bicyclic) bond motifs is 1. The molecule has 0 aromatic carbocycles. The van der Waals surface area contributed by atoms with Crippen molar-refractivity contribution in [3.8, 4) is 0 Å². The van der Waals surface area contributed by atoms with Crippen molar-refractivity contribution < 1.29 is 13.9 Å². The zero-order valence-corrected chi connectivity index (χ0v) is 14.4. The minimum absolute atomic E-state index is 0.0483. The van der Waals surface area contributed by atoms with E-state index in [1.54, 1.807) is 6.26 Å². The number of nitrogens with one attached hydrogen (secondary N) is 1. The second kappa shape index (κ2) is 7.01. The second-order valence-corrected chi connectivity index (χ2v) is 6.98. The average molecular weight is 344 g/mol. The van der Waals surface area contributed by atoms with Gasteiger partial charge < -0.3 is 14.5 Å². The van der Waals surface area contributed by atoms with Crippen LogP contribution in [0.4, 0.5) is 0 Å². The van der Waals surface area contributed by atoms with Gasteiger partial charge in [0.15, 0.2) is 0 Å². The molecule has 0 unspecified atom stereocenters. The molecule has 4 rings (SSSR count). The molecule has 0 bridgehead atoms. The van der Waals surface area contributed by atoms with E-state index in [0.717, 1.165) is 44.0 Å². The number of piperidine rings is 1. The first-order valence-electron chi connectivity index (χ1n) is 8.80. The average Bonchev–Trinajstić information content (AvgIpc) is 3.33. The van der Waals surface area contributed by atoms with E-state index in [9.17, 15) is 4.79 Å². The van der Waals surface area contributed by atoms with Crippen LogP contribution in [-0.4, -0.2) is 46.4 Å². The molecule has 2 fully saturated rings. The van der Waals surface area contributed by atoms with Gasteiger partial charge in [-0.3, -0.25) is 14.4 Å². The van der Waals surface area contributed by atoms with Crippen molar-refractivity contribution in [1.82, 2.24) is 20.0 Å². The highest BCUT2D eigenvalue weighted by molar-refractivity contribution is 5.79. The van der Waals surface area contributed by atoms with Crippen molar-refractivity contribution in [3.63, 3.8) is 0 Å². The number of amides is 1.